The first-order valence-corrected chi connectivity index (χ1v) is 8.06. The summed E-state index contributed by atoms with van der Waals surface area (Å²) < 4.78 is 1.40. The Morgan fingerprint density at radius 2 is 1.83 bits per heavy atom. The number of pyridine rings is 1. The average Bonchev–Trinajstić information content (AvgIpc) is 2.55. The molecule has 1 unspecified atom stereocenters. The maximum Gasteiger partial charge on any atom is 0.252 e. The highest BCUT2D eigenvalue weighted by Crippen LogP contribution is 2.15. The molecule has 1 aromatic carbocycles. The van der Waals surface area contributed by atoms with Crippen molar-refractivity contribution < 1.29 is 4.79 Å². The van der Waals surface area contributed by atoms with Crippen molar-refractivity contribution in [1.82, 2.24) is 15.2 Å². The molecule has 1 heterocycles. The summed E-state index contributed by atoms with van der Waals surface area (Å²) in [6, 6.07) is 13.3. The molecule has 5 heteroatoms. The lowest BCUT2D eigenvalue weighted by atomic mass is 10.0. The van der Waals surface area contributed by atoms with Crippen LogP contribution in [0, 0.1) is 0 Å². The van der Waals surface area contributed by atoms with Crippen LogP contribution in [0.5, 0.6) is 0 Å². The van der Waals surface area contributed by atoms with E-state index in [-0.39, 0.29) is 23.0 Å². The Labute approximate surface area is 142 Å². The number of rotatable bonds is 6. The average molecular weight is 327 g/mol. The van der Waals surface area contributed by atoms with Gasteiger partial charge in [-0.25, -0.2) is 0 Å². The van der Waals surface area contributed by atoms with Gasteiger partial charge in [0.2, 0.25) is 5.56 Å². The molecule has 2 N–H and O–H groups in total. The molecule has 0 aliphatic carbocycles. The molecule has 128 valence electrons. The third-order valence-corrected chi connectivity index (χ3v) is 3.95. The van der Waals surface area contributed by atoms with Crippen LogP contribution in [0.15, 0.2) is 53.5 Å². The molecule has 1 amide bonds. The predicted octanol–water partition coefficient (Wildman–Crippen LogP) is 2.24. The fourth-order valence-corrected chi connectivity index (χ4v) is 2.59. The van der Waals surface area contributed by atoms with E-state index in [0.29, 0.717) is 12.1 Å². The zero-order chi connectivity index (χ0) is 17.7. The van der Waals surface area contributed by atoms with Crippen molar-refractivity contribution in [2.75, 3.05) is 6.54 Å². The van der Waals surface area contributed by atoms with E-state index in [1.165, 1.54) is 16.2 Å². The van der Waals surface area contributed by atoms with Gasteiger partial charge in [0, 0.05) is 37.4 Å². The van der Waals surface area contributed by atoms with Crippen LogP contribution in [0.3, 0.4) is 0 Å². The lowest BCUT2D eigenvalue weighted by molar-refractivity contribution is 0.0940. The SMILES string of the molecule is CC(NC(C)(C)CNC(=O)c1ccc(=O)n(C)c1)c1ccccc1. The Morgan fingerprint density at radius 1 is 1.17 bits per heavy atom. The number of nitrogens with one attached hydrogen (secondary N) is 2. The first kappa shape index (κ1) is 17.9. The smallest absolute Gasteiger partial charge is 0.252 e. The molecule has 24 heavy (non-hydrogen) atoms. The molecule has 1 atom stereocenters. The number of nitrogens with zero attached hydrogens (tertiary/aromatic N) is 1. The summed E-state index contributed by atoms with van der Waals surface area (Å²) >= 11 is 0. The van der Waals surface area contributed by atoms with E-state index >= 15 is 0 Å². The molecular weight excluding hydrogens is 302 g/mol. The van der Waals surface area contributed by atoms with Crippen molar-refractivity contribution in [3.05, 3.63) is 70.1 Å². The van der Waals surface area contributed by atoms with Gasteiger partial charge >= 0.3 is 0 Å². The predicted molar refractivity (Wildman–Crippen MR) is 96.1 cm³/mol. The number of aryl methyl sites for hydroxylation is 1. The second-order valence-electron chi connectivity index (χ2n) is 6.71. The fraction of sp³-hybridized carbons (Fsp3) is 0.368. The van der Waals surface area contributed by atoms with E-state index in [0.717, 1.165) is 0 Å². The Hall–Kier alpha value is -2.40. The maximum absolute atomic E-state index is 12.3. The monoisotopic (exact) mass is 327 g/mol. The summed E-state index contributed by atoms with van der Waals surface area (Å²) in [5.41, 5.74) is 1.27. The molecule has 0 radical (unpaired) electrons. The van der Waals surface area contributed by atoms with E-state index < -0.39 is 0 Å². The van der Waals surface area contributed by atoms with Gasteiger partial charge in [0.1, 0.15) is 0 Å². The fourth-order valence-electron chi connectivity index (χ4n) is 2.59. The van der Waals surface area contributed by atoms with Crippen LogP contribution >= 0.6 is 0 Å². The lowest BCUT2D eigenvalue weighted by Gasteiger charge is -2.31. The highest BCUT2D eigenvalue weighted by Gasteiger charge is 2.22. The Kier molecular flexibility index (Phi) is 5.57. The lowest BCUT2D eigenvalue weighted by Crippen LogP contribution is -2.49. The summed E-state index contributed by atoms with van der Waals surface area (Å²) in [6.07, 6.45) is 1.55. The van der Waals surface area contributed by atoms with Crippen molar-refractivity contribution in [1.29, 1.82) is 0 Å². The molecule has 0 spiro atoms. The minimum atomic E-state index is -0.272. The molecule has 2 aromatic rings. The quantitative estimate of drug-likeness (QED) is 0.855. The van der Waals surface area contributed by atoms with E-state index in [1.54, 1.807) is 19.3 Å². The van der Waals surface area contributed by atoms with Crippen LogP contribution in [0.2, 0.25) is 0 Å². The molecule has 0 saturated carbocycles. The van der Waals surface area contributed by atoms with Crippen LogP contribution in [-0.4, -0.2) is 22.6 Å². The van der Waals surface area contributed by atoms with Gasteiger partial charge in [-0.05, 0) is 32.4 Å². The molecule has 0 aliphatic heterocycles. The number of hydrogen-bond acceptors (Lipinski definition) is 3. The van der Waals surface area contributed by atoms with Gasteiger partial charge < -0.3 is 15.2 Å². The molecule has 5 nitrogen and oxygen atoms in total. The number of aromatic nitrogens is 1. The van der Waals surface area contributed by atoms with Crippen molar-refractivity contribution in [3.63, 3.8) is 0 Å². The van der Waals surface area contributed by atoms with E-state index in [4.69, 9.17) is 0 Å². The third-order valence-electron chi connectivity index (χ3n) is 3.95. The number of hydrogen-bond donors (Lipinski definition) is 2. The molecule has 0 aliphatic rings. The van der Waals surface area contributed by atoms with Crippen molar-refractivity contribution in [3.8, 4) is 0 Å². The molecule has 0 bridgehead atoms. The Bertz CT molecular complexity index is 751. The van der Waals surface area contributed by atoms with Crippen LogP contribution in [0.1, 0.15) is 42.7 Å². The number of carbonyl (C=O) groups excluding carboxylic acids is 1. The van der Waals surface area contributed by atoms with E-state index in [1.807, 2.05) is 32.0 Å². The first-order valence-electron chi connectivity index (χ1n) is 8.06. The summed E-state index contributed by atoms with van der Waals surface area (Å²) in [5, 5.41) is 6.46. The van der Waals surface area contributed by atoms with E-state index in [2.05, 4.69) is 29.7 Å². The van der Waals surface area contributed by atoms with Crippen LogP contribution in [-0.2, 0) is 7.05 Å². The van der Waals surface area contributed by atoms with Crippen molar-refractivity contribution >= 4 is 5.91 Å². The standard InChI is InChI=1S/C19H25N3O2/c1-14(15-8-6-5-7-9-15)21-19(2,3)13-20-18(24)16-10-11-17(23)22(4)12-16/h5-12,14,21H,13H2,1-4H3,(H,20,24). The van der Waals surface area contributed by atoms with Gasteiger partial charge in [-0.2, -0.15) is 0 Å². The van der Waals surface area contributed by atoms with Gasteiger partial charge in [0.25, 0.3) is 5.91 Å². The van der Waals surface area contributed by atoms with E-state index in [9.17, 15) is 9.59 Å². The Balaban J connectivity index is 1.95. The van der Waals surface area contributed by atoms with Crippen molar-refractivity contribution in [2.45, 2.75) is 32.4 Å². The summed E-state index contributed by atoms with van der Waals surface area (Å²) in [7, 11) is 1.63. The zero-order valence-electron chi connectivity index (χ0n) is 14.7. The highest BCUT2D eigenvalue weighted by atomic mass is 16.2. The Morgan fingerprint density at radius 3 is 2.46 bits per heavy atom. The summed E-state index contributed by atoms with van der Waals surface area (Å²) in [5.74, 6) is -0.187. The molecule has 0 fully saturated rings. The number of amides is 1. The minimum Gasteiger partial charge on any atom is -0.350 e. The second kappa shape index (κ2) is 7.45. The van der Waals surface area contributed by atoms with Crippen LogP contribution in [0.4, 0.5) is 0 Å². The topological polar surface area (TPSA) is 63.1 Å². The van der Waals surface area contributed by atoms with Crippen molar-refractivity contribution in [2.24, 2.45) is 7.05 Å². The van der Waals surface area contributed by atoms with Gasteiger partial charge in [0.05, 0.1) is 5.56 Å². The third kappa shape index (κ3) is 4.80. The number of benzene rings is 1. The molecule has 0 saturated heterocycles. The van der Waals surface area contributed by atoms with Gasteiger partial charge in [-0.15, -0.1) is 0 Å². The molecule has 2 rings (SSSR count). The maximum atomic E-state index is 12.3. The summed E-state index contributed by atoms with van der Waals surface area (Å²) in [6.45, 7) is 6.68. The normalized spacial score (nSPS) is 12.7. The largest absolute Gasteiger partial charge is 0.350 e. The van der Waals surface area contributed by atoms with Gasteiger partial charge in [-0.3, -0.25) is 9.59 Å². The molecule has 1 aromatic heterocycles. The zero-order valence-corrected chi connectivity index (χ0v) is 14.7. The summed E-state index contributed by atoms with van der Waals surface area (Å²) in [4.78, 5) is 23.6. The highest BCUT2D eigenvalue weighted by molar-refractivity contribution is 5.93. The second-order valence-corrected chi connectivity index (χ2v) is 6.71. The van der Waals surface area contributed by atoms with Gasteiger partial charge in [0.15, 0.2) is 0 Å². The van der Waals surface area contributed by atoms with Crippen LogP contribution in [0.25, 0.3) is 0 Å². The first-order chi connectivity index (χ1) is 11.3. The minimum absolute atomic E-state index is 0.134. The van der Waals surface area contributed by atoms with Gasteiger partial charge in [-0.1, -0.05) is 30.3 Å². The number of carbonyl (C=O) groups is 1. The molecular formula is C19H25N3O2. The van der Waals surface area contributed by atoms with Crippen LogP contribution < -0.4 is 16.2 Å².